The second-order valence-electron chi connectivity index (χ2n) is 3.55. The number of aldehydes is 1. The smallest absolute Gasteiger partial charge is 0.181 e. The molecule has 0 N–H and O–H groups in total. The quantitative estimate of drug-likeness (QED) is 0.782. The number of rotatable bonds is 4. The Kier molecular flexibility index (Phi) is 3.54. The normalized spacial score (nSPS) is 10.5. The van der Waals surface area contributed by atoms with Gasteiger partial charge in [0.1, 0.15) is 12.1 Å². The summed E-state index contributed by atoms with van der Waals surface area (Å²) in [7, 11) is 0. The van der Waals surface area contributed by atoms with Gasteiger partial charge in [0, 0.05) is 17.1 Å². The molecule has 0 amide bonds. The molecule has 0 radical (unpaired) electrons. The second-order valence-corrected chi connectivity index (χ2v) is 3.98. The highest BCUT2D eigenvalue weighted by Gasteiger charge is 2.09. The molecule has 88 valence electrons. The van der Waals surface area contributed by atoms with Gasteiger partial charge >= 0.3 is 0 Å². The third kappa shape index (κ3) is 2.53. The fourth-order valence-electron chi connectivity index (χ4n) is 1.57. The van der Waals surface area contributed by atoms with Gasteiger partial charge in [0.2, 0.25) is 0 Å². The number of nitrogens with zero attached hydrogens (tertiary/aromatic N) is 3. The van der Waals surface area contributed by atoms with E-state index in [1.54, 1.807) is 16.8 Å². The van der Waals surface area contributed by atoms with Gasteiger partial charge in [-0.2, -0.15) is 5.10 Å². The van der Waals surface area contributed by atoms with Crippen LogP contribution in [-0.2, 0) is 17.8 Å². The molecule has 0 aliphatic carbocycles. The monoisotopic (exact) mass is 249 g/mol. The summed E-state index contributed by atoms with van der Waals surface area (Å²) in [5.74, 6) is 1.31. The number of aryl methyl sites for hydroxylation is 1. The standard InChI is InChI=1S/C12H12ClN3O/c1-2-16-11(7-8-17)14-12(15-16)9-3-5-10(13)6-4-9/h3-6,8H,2,7H2,1H3. The average Bonchev–Trinajstić information content (AvgIpc) is 2.74. The van der Waals surface area contributed by atoms with Crippen LogP contribution >= 0.6 is 11.6 Å². The molecule has 5 heteroatoms. The van der Waals surface area contributed by atoms with Crippen LogP contribution in [0, 0.1) is 0 Å². The van der Waals surface area contributed by atoms with Gasteiger partial charge in [-0.3, -0.25) is 0 Å². The van der Waals surface area contributed by atoms with E-state index in [2.05, 4.69) is 10.1 Å². The fraction of sp³-hybridized carbons (Fsp3) is 0.250. The highest BCUT2D eigenvalue weighted by molar-refractivity contribution is 6.30. The third-order valence-electron chi connectivity index (χ3n) is 2.42. The van der Waals surface area contributed by atoms with E-state index in [9.17, 15) is 4.79 Å². The van der Waals surface area contributed by atoms with Crippen LogP contribution < -0.4 is 0 Å². The minimum Gasteiger partial charge on any atom is -0.303 e. The summed E-state index contributed by atoms with van der Waals surface area (Å²) in [4.78, 5) is 14.9. The molecule has 0 aliphatic rings. The number of aromatic nitrogens is 3. The molecule has 0 fully saturated rings. The molecule has 0 saturated carbocycles. The number of benzene rings is 1. The molecular formula is C12H12ClN3O. The topological polar surface area (TPSA) is 47.8 Å². The second kappa shape index (κ2) is 5.10. The zero-order chi connectivity index (χ0) is 12.3. The molecule has 2 aromatic rings. The van der Waals surface area contributed by atoms with Crippen LogP contribution in [-0.4, -0.2) is 21.1 Å². The Labute approximate surface area is 104 Å². The van der Waals surface area contributed by atoms with Gasteiger partial charge in [-0.05, 0) is 31.2 Å². The van der Waals surface area contributed by atoms with Gasteiger partial charge in [0.05, 0.1) is 6.42 Å². The summed E-state index contributed by atoms with van der Waals surface area (Å²) in [5, 5.41) is 5.03. The summed E-state index contributed by atoms with van der Waals surface area (Å²) in [6.45, 7) is 2.67. The minimum atomic E-state index is 0.286. The van der Waals surface area contributed by atoms with Crippen LogP contribution in [0.15, 0.2) is 24.3 Å². The van der Waals surface area contributed by atoms with Crippen molar-refractivity contribution in [2.45, 2.75) is 19.9 Å². The van der Waals surface area contributed by atoms with Gasteiger partial charge in [0.15, 0.2) is 5.82 Å². The molecule has 0 unspecified atom stereocenters. The fourth-order valence-corrected chi connectivity index (χ4v) is 1.70. The van der Waals surface area contributed by atoms with Crippen molar-refractivity contribution in [3.8, 4) is 11.4 Å². The molecule has 0 saturated heterocycles. The van der Waals surface area contributed by atoms with Crippen molar-refractivity contribution >= 4 is 17.9 Å². The Morgan fingerprint density at radius 2 is 2.06 bits per heavy atom. The minimum absolute atomic E-state index is 0.286. The molecule has 17 heavy (non-hydrogen) atoms. The Hall–Kier alpha value is -1.68. The van der Waals surface area contributed by atoms with Crippen LogP contribution in [0.25, 0.3) is 11.4 Å². The zero-order valence-electron chi connectivity index (χ0n) is 9.43. The molecule has 1 heterocycles. The van der Waals surface area contributed by atoms with Crippen LogP contribution in [0.5, 0.6) is 0 Å². The van der Waals surface area contributed by atoms with Crippen molar-refractivity contribution in [3.63, 3.8) is 0 Å². The molecule has 4 nitrogen and oxygen atoms in total. The predicted octanol–water partition coefficient (Wildman–Crippen LogP) is 2.36. The largest absolute Gasteiger partial charge is 0.303 e. The SMILES string of the molecule is CCn1nc(-c2ccc(Cl)cc2)nc1CC=O. The van der Waals surface area contributed by atoms with E-state index >= 15 is 0 Å². The van der Waals surface area contributed by atoms with E-state index < -0.39 is 0 Å². The molecule has 0 bridgehead atoms. The summed E-state index contributed by atoms with van der Waals surface area (Å²) < 4.78 is 1.73. The Morgan fingerprint density at radius 1 is 1.35 bits per heavy atom. The highest BCUT2D eigenvalue weighted by atomic mass is 35.5. The van der Waals surface area contributed by atoms with Gasteiger partial charge in [-0.25, -0.2) is 9.67 Å². The molecule has 1 aromatic heterocycles. The van der Waals surface area contributed by atoms with Crippen LogP contribution in [0.1, 0.15) is 12.7 Å². The Bertz CT molecular complexity index is 519. The molecule has 0 spiro atoms. The van der Waals surface area contributed by atoms with Crippen LogP contribution in [0.2, 0.25) is 5.02 Å². The summed E-state index contributed by atoms with van der Waals surface area (Å²) in [6.07, 6.45) is 1.12. The number of carbonyl (C=O) groups excluding carboxylic acids is 1. The lowest BCUT2D eigenvalue weighted by Crippen LogP contribution is -2.03. The van der Waals surface area contributed by atoms with Crippen molar-refractivity contribution < 1.29 is 4.79 Å². The van der Waals surface area contributed by atoms with Crippen molar-refractivity contribution in [2.75, 3.05) is 0 Å². The van der Waals surface area contributed by atoms with Crippen LogP contribution in [0.3, 0.4) is 0 Å². The van der Waals surface area contributed by atoms with Crippen LogP contribution in [0.4, 0.5) is 0 Å². The first-order valence-corrected chi connectivity index (χ1v) is 5.75. The van der Waals surface area contributed by atoms with Crippen molar-refractivity contribution in [1.29, 1.82) is 0 Å². The van der Waals surface area contributed by atoms with Crippen molar-refractivity contribution in [2.24, 2.45) is 0 Å². The molecule has 2 rings (SSSR count). The summed E-state index contributed by atoms with van der Waals surface area (Å²) in [5.41, 5.74) is 0.897. The number of hydrogen-bond acceptors (Lipinski definition) is 3. The first-order chi connectivity index (χ1) is 8.24. The first-order valence-electron chi connectivity index (χ1n) is 5.38. The van der Waals surface area contributed by atoms with Gasteiger partial charge in [0.25, 0.3) is 0 Å². The number of carbonyl (C=O) groups is 1. The Morgan fingerprint density at radius 3 is 2.65 bits per heavy atom. The number of hydrogen-bond donors (Lipinski definition) is 0. The lowest BCUT2D eigenvalue weighted by Gasteiger charge is -1.96. The van der Waals surface area contributed by atoms with E-state index in [-0.39, 0.29) is 6.42 Å². The first kappa shape index (κ1) is 11.8. The maximum atomic E-state index is 10.5. The van der Waals surface area contributed by atoms with Crippen molar-refractivity contribution in [3.05, 3.63) is 35.1 Å². The van der Waals surface area contributed by atoms with Gasteiger partial charge in [-0.1, -0.05) is 11.6 Å². The van der Waals surface area contributed by atoms with Gasteiger partial charge in [-0.15, -0.1) is 0 Å². The molecule has 0 atom stereocenters. The lowest BCUT2D eigenvalue weighted by molar-refractivity contribution is -0.107. The van der Waals surface area contributed by atoms with E-state index in [1.165, 1.54) is 0 Å². The number of halogens is 1. The van der Waals surface area contributed by atoms with Gasteiger partial charge < -0.3 is 4.79 Å². The van der Waals surface area contributed by atoms with Crippen molar-refractivity contribution in [1.82, 2.24) is 14.8 Å². The van der Waals surface area contributed by atoms with E-state index in [0.717, 1.165) is 11.8 Å². The summed E-state index contributed by atoms with van der Waals surface area (Å²) in [6, 6.07) is 7.32. The predicted molar refractivity (Wildman–Crippen MR) is 65.9 cm³/mol. The average molecular weight is 250 g/mol. The van der Waals surface area contributed by atoms with E-state index in [0.29, 0.717) is 23.2 Å². The van der Waals surface area contributed by atoms with E-state index in [4.69, 9.17) is 11.6 Å². The zero-order valence-corrected chi connectivity index (χ0v) is 10.2. The third-order valence-corrected chi connectivity index (χ3v) is 2.67. The summed E-state index contributed by atoms with van der Waals surface area (Å²) >= 11 is 5.82. The lowest BCUT2D eigenvalue weighted by atomic mass is 10.2. The molecular weight excluding hydrogens is 238 g/mol. The maximum Gasteiger partial charge on any atom is 0.181 e. The maximum absolute atomic E-state index is 10.5. The molecule has 0 aliphatic heterocycles. The highest BCUT2D eigenvalue weighted by Crippen LogP contribution is 2.18. The Balaban J connectivity index is 2.38. The van der Waals surface area contributed by atoms with E-state index in [1.807, 2.05) is 19.1 Å². The molecule has 1 aromatic carbocycles.